The van der Waals surface area contributed by atoms with Gasteiger partial charge >= 0.3 is 0 Å². The molecule has 5 heteroatoms. The molecule has 1 atom stereocenters. The van der Waals surface area contributed by atoms with E-state index in [1.165, 1.54) is 0 Å². The lowest BCUT2D eigenvalue weighted by Crippen LogP contribution is -2.33. The standard InChI is InChI=1S/C22H22N2O3/c25-20(13-14-23-21(26)16-17-8-3-1-4-9-17)24-22(19-12-7-15-27-19)18-10-5-2-6-11-18/h1-12,15,22H,13-14,16H2,(H,23,26)(H,24,25). The molecule has 0 aliphatic heterocycles. The van der Waals surface area contributed by atoms with Gasteiger partial charge < -0.3 is 15.1 Å². The Morgan fingerprint density at radius 3 is 2.22 bits per heavy atom. The summed E-state index contributed by atoms with van der Waals surface area (Å²) in [5, 5.41) is 5.76. The number of nitrogens with one attached hydrogen (secondary N) is 2. The van der Waals surface area contributed by atoms with Gasteiger partial charge in [0.25, 0.3) is 0 Å². The second kappa shape index (κ2) is 9.38. The van der Waals surface area contributed by atoms with Crippen molar-refractivity contribution in [3.63, 3.8) is 0 Å². The van der Waals surface area contributed by atoms with Gasteiger partial charge in [-0.15, -0.1) is 0 Å². The van der Waals surface area contributed by atoms with Gasteiger partial charge in [0.05, 0.1) is 12.7 Å². The van der Waals surface area contributed by atoms with Crippen molar-refractivity contribution in [1.29, 1.82) is 0 Å². The normalized spacial score (nSPS) is 11.6. The van der Waals surface area contributed by atoms with Gasteiger partial charge in [-0.2, -0.15) is 0 Å². The van der Waals surface area contributed by atoms with E-state index in [1.54, 1.807) is 12.3 Å². The van der Waals surface area contributed by atoms with Crippen LogP contribution >= 0.6 is 0 Å². The first-order valence-corrected chi connectivity index (χ1v) is 8.91. The summed E-state index contributed by atoms with van der Waals surface area (Å²) in [5.41, 5.74) is 1.88. The van der Waals surface area contributed by atoms with Gasteiger partial charge in [-0.25, -0.2) is 0 Å². The van der Waals surface area contributed by atoms with Gasteiger partial charge in [0.1, 0.15) is 11.8 Å². The van der Waals surface area contributed by atoms with Gasteiger partial charge in [-0.1, -0.05) is 60.7 Å². The Balaban J connectivity index is 1.50. The number of benzene rings is 2. The fraction of sp³-hybridized carbons (Fsp3) is 0.182. The van der Waals surface area contributed by atoms with Gasteiger partial charge in [0.15, 0.2) is 0 Å². The van der Waals surface area contributed by atoms with Crippen LogP contribution in [0, 0.1) is 0 Å². The van der Waals surface area contributed by atoms with Crippen molar-refractivity contribution in [2.75, 3.05) is 6.54 Å². The molecule has 3 rings (SSSR count). The Morgan fingerprint density at radius 2 is 1.56 bits per heavy atom. The summed E-state index contributed by atoms with van der Waals surface area (Å²) in [7, 11) is 0. The van der Waals surface area contributed by atoms with Crippen LogP contribution in [0.1, 0.15) is 29.3 Å². The summed E-state index contributed by atoms with van der Waals surface area (Å²) in [5.74, 6) is 0.419. The van der Waals surface area contributed by atoms with Crippen LogP contribution in [0.5, 0.6) is 0 Å². The highest BCUT2D eigenvalue weighted by Crippen LogP contribution is 2.22. The Hall–Kier alpha value is -3.34. The van der Waals surface area contributed by atoms with Crippen molar-refractivity contribution >= 4 is 11.8 Å². The summed E-state index contributed by atoms with van der Waals surface area (Å²) >= 11 is 0. The SMILES string of the molecule is O=C(Cc1ccccc1)NCCC(=O)NC(c1ccccc1)c1ccco1. The predicted octanol–water partition coefficient (Wildman–Crippen LogP) is 3.23. The minimum atomic E-state index is -0.353. The number of furan rings is 1. The molecular formula is C22H22N2O3. The summed E-state index contributed by atoms with van der Waals surface area (Å²) in [4.78, 5) is 24.3. The molecule has 1 aromatic heterocycles. The smallest absolute Gasteiger partial charge is 0.224 e. The van der Waals surface area contributed by atoms with E-state index in [4.69, 9.17) is 4.42 Å². The summed E-state index contributed by atoms with van der Waals surface area (Å²) in [6.07, 6.45) is 2.09. The van der Waals surface area contributed by atoms with E-state index in [2.05, 4.69) is 10.6 Å². The molecule has 138 valence electrons. The largest absolute Gasteiger partial charge is 0.467 e. The maximum atomic E-state index is 12.4. The third-order valence-corrected chi connectivity index (χ3v) is 4.15. The minimum absolute atomic E-state index is 0.0976. The number of amides is 2. The third kappa shape index (κ3) is 5.57. The summed E-state index contributed by atoms with van der Waals surface area (Å²) in [6, 6.07) is 22.4. The highest BCUT2D eigenvalue weighted by atomic mass is 16.3. The first-order chi connectivity index (χ1) is 13.2. The van der Waals surface area contributed by atoms with Crippen LogP contribution in [-0.4, -0.2) is 18.4 Å². The molecule has 5 nitrogen and oxygen atoms in total. The number of carbonyl (C=O) groups excluding carboxylic acids is 2. The number of rotatable bonds is 8. The van der Waals surface area contributed by atoms with Crippen LogP contribution in [0.4, 0.5) is 0 Å². The molecule has 2 N–H and O–H groups in total. The van der Waals surface area contributed by atoms with Gasteiger partial charge in [0.2, 0.25) is 11.8 Å². The monoisotopic (exact) mass is 362 g/mol. The molecule has 1 heterocycles. The maximum Gasteiger partial charge on any atom is 0.224 e. The second-order valence-electron chi connectivity index (χ2n) is 6.19. The van der Waals surface area contributed by atoms with Crippen LogP contribution in [-0.2, 0) is 16.0 Å². The molecule has 0 fully saturated rings. The molecular weight excluding hydrogens is 340 g/mol. The van der Waals surface area contributed by atoms with Gasteiger partial charge in [-0.05, 0) is 23.3 Å². The number of hydrogen-bond donors (Lipinski definition) is 2. The molecule has 3 aromatic rings. The summed E-state index contributed by atoms with van der Waals surface area (Å²) < 4.78 is 5.48. The molecule has 0 saturated heterocycles. The first kappa shape index (κ1) is 18.5. The molecule has 1 unspecified atom stereocenters. The van der Waals surface area contributed by atoms with Crippen molar-refractivity contribution < 1.29 is 14.0 Å². The average Bonchev–Trinajstić information content (AvgIpc) is 3.22. The number of carbonyl (C=O) groups is 2. The average molecular weight is 362 g/mol. The molecule has 0 aliphatic carbocycles. The summed E-state index contributed by atoms with van der Waals surface area (Å²) in [6.45, 7) is 0.289. The number of hydrogen-bond acceptors (Lipinski definition) is 3. The lowest BCUT2D eigenvalue weighted by atomic mass is 10.0. The third-order valence-electron chi connectivity index (χ3n) is 4.15. The van der Waals surface area contributed by atoms with Crippen LogP contribution in [0.3, 0.4) is 0 Å². The van der Waals surface area contributed by atoms with E-state index in [0.717, 1.165) is 11.1 Å². The van der Waals surface area contributed by atoms with Gasteiger partial charge in [0, 0.05) is 13.0 Å². The van der Waals surface area contributed by atoms with Crippen LogP contribution in [0.15, 0.2) is 83.5 Å². The molecule has 0 aliphatic rings. The van der Waals surface area contributed by atoms with E-state index >= 15 is 0 Å². The van der Waals surface area contributed by atoms with E-state index in [0.29, 0.717) is 12.2 Å². The van der Waals surface area contributed by atoms with Crippen LogP contribution in [0.2, 0.25) is 0 Å². The van der Waals surface area contributed by atoms with E-state index in [9.17, 15) is 9.59 Å². The highest BCUT2D eigenvalue weighted by molar-refractivity contribution is 5.80. The van der Waals surface area contributed by atoms with E-state index in [1.807, 2.05) is 66.7 Å². The topological polar surface area (TPSA) is 71.3 Å². The zero-order valence-corrected chi connectivity index (χ0v) is 14.9. The maximum absolute atomic E-state index is 12.4. The zero-order valence-electron chi connectivity index (χ0n) is 14.9. The molecule has 27 heavy (non-hydrogen) atoms. The van der Waals surface area contributed by atoms with Crippen LogP contribution < -0.4 is 10.6 Å². The fourth-order valence-electron chi connectivity index (χ4n) is 2.81. The van der Waals surface area contributed by atoms with Crippen molar-refractivity contribution in [1.82, 2.24) is 10.6 Å². The van der Waals surface area contributed by atoms with Crippen molar-refractivity contribution in [3.05, 3.63) is 95.9 Å². The molecule has 0 spiro atoms. The van der Waals surface area contributed by atoms with Crippen molar-refractivity contribution in [3.8, 4) is 0 Å². The minimum Gasteiger partial charge on any atom is -0.467 e. The Morgan fingerprint density at radius 1 is 0.852 bits per heavy atom. The second-order valence-corrected chi connectivity index (χ2v) is 6.19. The lowest BCUT2D eigenvalue weighted by molar-refractivity contribution is -0.122. The van der Waals surface area contributed by atoms with Crippen molar-refractivity contribution in [2.24, 2.45) is 0 Å². The predicted molar refractivity (Wildman–Crippen MR) is 103 cm³/mol. The highest BCUT2D eigenvalue weighted by Gasteiger charge is 2.19. The molecule has 0 saturated carbocycles. The van der Waals surface area contributed by atoms with E-state index < -0.39 is 0 Å². The van der Waals surface area contributed by atoms with Crippen LogP contribution in [0.25, 0.3) is 0 Å². The molecule has 0 bridgehead atoms. The molecule has 2 aromatic carbocycles. The quantitative estimate of drug-likeness (QED) is 0.646. The molecule has 2 amide bonds. The Bertz CT molecular complexity index is 846. The van der Waals surface area contributed by atoms with E-state index in [-0.39, 0.29) is 30.8 Å². The first-order valence-electron chi connectivity index (χ1n) is 8.91. The zero-order chi connectivity index (χ0) is 18.9. The Labute approximate surface area is 158 Å². The fourth-order valence-corrected chi connectivity index (χ4v) is 2.81. The van der Waals surface area contributed by atoms with Gasteiger partial charge in [-0.3, -0.25) is 9.59 Å². The van der Waals surface area contributed by atoms with Crippen molar-refractivity contribution in [2.45, 2.75) is 18.9 Å². The molecule has 0 radical (unpaired) electrons. The lowest BCUT2D eigenvalue weighted by Gasteiger charge is -2.17. The Kier molecular flexibility index (Phi) is 6.41.